The van der Waals surface area contributed by atoms with Gasteiger partial charge in [-0.1, -0.05) is 79.0 Å². The zero-order valence-electron chi connectivity index (χ0n) is 19.9. The first kappa shape index (κ1) is 34.3. The molecule has 3 atom stereocenters. The minimum atomic E-state index is -0.533. The molecule has 0 amide bonds. The Bertz CT molecular complexity index is 705. The predicted octanol–water partition coefficient (Wildman–Crippen LogP) is 9.02. The molecule has 0 aliphatic carbocycles. The SMILES string of the molecule is Br.Br.Br.CCC1=CC(CC)([C-](C2(CC)C=C(CC)N=N2)C2(CC)C=C(CC)N=N2)N=N1.[Ti]. The minimum absolute atomic E-state index is 0. The molecule has 6 nitrogen and oxygen atoms in total. The van der Waals surface area contributed by atoms with Crippen LogP contribution in [-0.2, 0) is 21.7 Å². The first-order chi connectivity index (χ1) is 13.5. The van der Waals surface area contributed by atoms with Gasteiger partial charge in [-0.15, -0.1) is 50.9 Å². The average molecular weight is 672 g/mol. The number of allylic oxidation sites excluding steroid dienone is 3. The molecule has 0 aromatic carbocycles. The van der Waals surface area contributed by atoms with E-state index >= 15 is 0 Å². The molecule has 3 rings (SSSR count). The second-order valence-electron chi connectivity index (χ2n) is 7.78. The zero-order valence-corrected chi connectivity index (χ0v) is 26.6. The van der Waals surface area contributed by atoms with E-state index in [1.54, 1.807) is 0 Å². The molecular weight excluding hydrogens is 636 g/mol. The van der Waals surface area contributed by atoms with E-state index in [4.69, 9.17) is 15.3 Å². The number of nitrogens with zero attached hydrogens (tertiary/aromatic N) is 6. The smallest absolute Gasteiger partial charge is 0.0580 e. The predicted molar refractivity (Wildman–Crippen MR) is 143 cm³/mol. The molecule has 0 saturated carbocycles. The van der Waals surface area contributed by atoms with Gasteiger partial charge in [0.1, 0.15) is 0 Å². The Hall–Kier alpha value is 0.174. The zero-order chi connectivity index (χ0) is 20.4. The Kier molecular flexibility index (Phi) is 14.9. The van der Waals surface area contributed by atoms with Crippen LogP contribution < -0.4 is 0 Å². The number of rotatable bonds is 9. The van der Waals surface area contributed by atoms with E-state index in [9.17, 15) is 0 Å². The van der Waals surface area contributed by atoms with Crippen LogP contribution in [0.15, 0.2) is 66.0 Å². The normalized spacial score (nSPS) is 29.5. The summed E-state index contributed by atoms with van der Waals surface area (Å²) in [6.45, 7) is 12.9. The van der Waals surface area contributed by atoms with Crippen molar-refractivity contribution >= 4 is 50.9 Å². The van der Waals surface area contributed by atoms with Crippen molar-refractivity contribution in [1.82, 2.24) is 0 Å². The maximum atomic E-state index is 4.85. The van der Waals surface area contributed by atoms with Crippen LogP contribution in [-0.4, -0.2) is 16.6 Å². The molecule has 0 bridgehead atoms. The van der Waals surface area contributed by atoms with Gasteiger partial charge in [-0.05, 0) is 35.9 Å². The number of halogens is 3. The molecule has 32 heavy (non-hydrogen) atoms. The molecule has 0 fully saturated rings. The van der Waals surface area contributed by atoms with Gasteiger partial charge < -0.3 is 0 Å². The standard InChI is InChI=1S/C22H33N6.3BrH.Ti/c1-7-16-13-20(10-4,26-23-16)19(21(11-5)14-17(8-2)24-27-21)22(12-6)15-18(9-3)25-28-22;;;;/h13-15H,7-12H2,1-6H3;3*1H;/q-1;;;;. The van der Waals surface area contributed by atoms with E-state index in [0.717, 1.165) is 61.5 Å². The molecule has 3 aliphatic heterocycles. The van der Waals surface area contributed by atoms with E-state index in [0.29, 0.717) is 0 Å². The summed E-state index contributed by atoms with van der Waals surface area (Å²) < 4.78 is 0. The Morgan fingerprint density at radius 3 is 0.969 bits per heavy atom. The van der Waals surface area contributed by atoms with Crippen molar-refractivity contribution in [3.05, 3.63) is 41.2 Å². The van der Waals surface area contributed by atoms with E-state index in [2.05, 4.69) is 75.1 Å². The first-order valence-electron chi connectivity index (χ1n) is 10.8. The van der Waals surface area contributed by atoms with E-state index < -0.39 is 16.6 Å². The molecule has 0 radical (unpaired) electrons. The van der Waals surface area contributed by atoms with Gasteiger partial charge in [0.15, 0.2) is 0 Å². The third-order valence-corrected chi connectivity index (χ3v) is 6.29. The topological polar surface area (TPSA) is 74.2 Å². The Labute approximate surface area is 239 Å². The molecule has 0 saturated heterocycles. The molecule has 10 heteroatoms. The monoisotopic (exact) mass is 669 g/mol. The molecule has 3 unspecified atom stereocenters. The van der Waals surface area contributed by atoms with E-state index in [-0.39, 0.29) is 72.7 Å². The van der Waals surface area contributed by atoms with Gasteiger partial charge >= 0.3 is 0 Å². The fourth-order valence-electron chi connectivity index (χ4n) is 4.52. The Balaban J connectivity index is 0. The number of azo groups is 3. The van der Waals surface area contributed by atoms with Crippen LogP contribution in [0.5, 0.6) is 0 Å². The van der Waals surface area contributed by atoms with Crippen molar-refractivity contribution in [3.63, 3.8) is 0 Å². The maximum Gasteiger partial charge on any atom is 0.0580 e. The van der Waals surface area contributed by atoms with Gasteiger partial charge in [0.2, 0.25) is 0 Å². The second kappa shape index (κ2) is 13.9. The van der Waals surface area contributed by atoms with Crippen molar-refractivity contribution in [2.75, 3.05) is 0 Å². The Morgan fingerprint density at radius 2 is 0.812 bits per heavy atom. The van der Waals surface area contributed by atoms with Crippen LogP contribution in [0.25, 0.3) is 0 Å². The van der Waals surface area contributed by atoms with Crippen LogP contribution in [0.4, 0.5) is 0 Å². The molecule has 0 aromatic rings. The summed E-state index contributed by atoms with van der Waals surface area (Å²) in [6, 6.07) is 0. The van der Waals surface area contributed by atoms with Gasteiger partial charge in [-0.25, -0.2) is 21.3 Å². The van der Waals surface area contributed by atoms with Crippen molar-refractivity contribution < 1.29 is 21.7 Å². The molecule has 3 heterocycles. The molecule has 0 spiro atoms. The summed E-state index contributed by atoms with van der Waals surface area (Å²) in [7, 11) is 0. The Morgan fingerprint density at radius 1 is 0.562 bits per heavy atom. The van der Waals surface area contributed by atoms with Crippen molar-refractivity contribution in [3.8, 4) is 0 Å². The van der Waals surface area contributed by atoms with Crippen LogP contribution in [0, 0.1) is 5.92 Å². The maximum absolute atomic E-state index is 4.85. The fourth-order valence-corrected chi connectivity index (χ4v) is 4.52. The number of hydrogen-bond donors (Lipinski definition) is 0. The minimum Gasteiger partial charge on any atom is -0.215 e. The second-order valence-corrected chi connectivity index (χ2v) is 7.78. The van der Waals surface area contributed by atoms with Crippen LogP contribution in [0.3, 0.4) is 0 Å². The first-order valence-corrected chi connectivity index (χ1v) is 10.8. The third kappa shape index (κ3) is 5.86. The van der Waals surface area contributed by atoms with Gasteiger partial charge in [0.05, 0.1) is 17.1 Å². The molecule has 3 aliphatic rings. The van der Waals surface area contributed by atoms with Crippen molar-refractivity contribution in [1.29, 1.82) is 0 Å². The van der Waals surface area contributed by atoms with Crippen LogP contribution in [0.2, 0.25) is 0 Å². The molecule has 0 N–H and O–H groups in total. The summed E-state index contributed by atoms with van der Waals surface area (Å²) >= 11 is 0. The third-order valence-electron chi connectivity index (χ3n) is 6.29. The summed E-state index contributed by atoms with van der Waals surface area (Å²) in [5.41, 5.74) is 1.49. The summed E-state index contributed by atoms with van der Waals surface area (Å²) in [5, 5.41) is 28.1. The largest absolute Gasteiger partial charge is 0.215 e. The molecule has 180 valence electrons. The quantitative estimate of drug-likeness (QED) is 0.173. The van der Waals surface area contributed by atoms with Crippen molar-refractivity contribution in [2.24, 2.45) is 30.7 Å². The van der Waals surface area contributed by atoms with Gasteiger partial charge in [0.25, 0.3) is 0 Å². The van der Waals surface area contributed by atoms with Gasteiger partial charge in [-0.2, -0.15) is 15.3 Å². The van der Waals surface area contributed by atoms with Crippen molar-refractivity contribution in [2.45, 2.75) is 96.7 Å². The average Bonchev–Trinajstić information content (AvgIpc) is 3.46. The molecular formula is C22H36Br3N6Ti-. The molecule has 0 aromatic heterocycles. The van der Waals surface area contributed by atoms with E-state index in [1.165, 1.54) is 0 Å². The van der Waals surface area contributed by atoms with Gasteiger partial charge in [-0.3, -0.25) is 0 Å². The van der Waals surface area contributed by atoms with E-state index in [1.807, 2.05) is 0 Å². The van der Waals surface area contributed by atoms with Gasteiger partial charge in [0, 0.05) is 21.7 Å². The summed E-state index contributed by atoms with van der Waals surface area (Å²) in [4.78, 5) is 0. The number of hydrogen-bond acceptors (Lipinski definition) is 6. The fraction of sp³-hybridized carbons (Fsp3) is 0.682. The summed E-state index contributed by atoms with van der Waals surface area (Å²) in [6.07, 6.45) is 11.7. The van der Waals surface area contributed by atoms with Crippen LogP contribution in [0.1, 0.15) is 80.1 Å². The van der Waals surface area contributed by atoms with Crippen LogP contribution >= 0.6 is 50.9 Å². The summed E-state index contributed by atoms with van der Waals surface area (Å²) in [5.74, 6) is 1.16.